The zero-order valence-corrected chi connectivity index (χ0v) is 7.00. The first-order valence-electron chi connectivity index (χ1n) is 3.08. The van der Waals surface area contributed by atoms with E-state index < -0.39 is 11.9 Å². The fraction of sp³-hybridized carbons (Fsp3) is 0.429. The van der Waals surface area contributed by atoms with Crippen molar-refractivity contribution in [3.8, 4) is 0 Å². The van der Waals surface area contributed by atoms with Gasteiger partial charge in [-0.3, -0.25) is 4.79 Å². The minimum atomic E-state index is -0.987. The molecule has 0 aromatic rings. The lowest BCUT2D eigenvalue weighted by molar-refractivity contribution is -0.143. The molecule has 0 bridgehead atoms. The van der Waals surface area contributed by atoms with E-state index in [1.54, 1.807) is 0 Å². The molecule has 0 rings (SSSR count). The standard InChI is InChI=1S/C7H10O4.H3N/c1-5(2)7(10)11-4-3-6(8)9;/h1,3-4H2,2H3,(H,8,9);1H3. The van der Waals surface area contributed by atoms with Crippen LogP contribution in [0.25, 0.3) is 0 Å². The summed E-state index contributed by atoms with van der Waals surface area (Å²) in [5.74, 6) is -1.54. The Hall–Kier alpha value is -1.36. The maximum absolute atomic E-state index is 10.6. The molecule has 0 heterocycles. The van der Waals surface area contributed by atoms with Gasteiger partial charge in [0.05, 0.1) is 6.42 Å². The van der Waals surface area contributed by atoms with E-state index in [0.717, 1.165) is 0 Å². The van der Waals surface area contributed by atoms with E-state index in [0.29, 0.717) is 0 Å². The maximum atomic E-state index is 10.6. The molecule has 0 fully saturated rings. The van der Waals surface area contributed by atoms with Crippen LogP contribution < -0.4 is 6.15 Å². The van der Waals surface area contributed by atoms with Crippen LogP contribution in [0.4, 0.5) is 0 Å². The minimum absolute atomic E-state index is 0. The van der Waals surface area contributed by atoms with E-state index in [1.165, 1.54) is 6.92 Å². The Morgan fingerprint density at radius 2 is 2.00 bits per heavy atom. The van der Waals surface area contributed by atoms with Gasteiger partial charge in [-0.25, -0.2) is 4.79 Å². The van der Waals surface area contributed by atoms with Crippen molar-refractivity contribution in [3.05, 3.63) is 12.2 Å². The zero-order chi connectivity index (χ0) is 8.85. The van der Waals surface area contributed by atoms with E-state index in [-0.39, 0.29) is 24.8 Å². The van der Waals surface area contributed by atoms with Gasteiger partial charge in [0.2, 0.25) is 0 Å². The first-order valence-corrected chi connectivity index (χ1v) is 3.08. The summed E-state index contributed by atoms with van der Waals surface area (Å²) in [7, 11) is 0. The molecule has 70 valence electrons. The molecule has 5 nitrogen and oxygen atoms in total. The van der Waals surface area contributed by atoms with Crippen LogP contribution in [-0.4, -0.2) is 23.7 Å². The lowest BCUT2D eigenvalue weighted by Gasteiger charge is -2.00. The first-order chi connectivity index (χ1) is 5.04. The van der Waals surface area contributed by atoms with E-state index >= 15 is 0 Å². The molecule has 0 saturated heterocycles. The topological polar surface area (TPSA) is 98.6 Å². The molecule has 0 aromatic carbocycles. The first kappa shape index (κ1) is 13.2. The maximum Gasteiger partial charge on any atom is 0.333 e. The van der Waals surface area contributed by atoms with Crippen molar-refractivity contribution in [2.45, 2.75) is 13.3 Å². The number of aliphatic carboxylic acids is 1. The fourth-order valence-corrected chi connectivity index (χ4v) is 0.354. The summed E-state index contributed by atoms with van der Waals surface area (Å²) in [6, 6.07) is 0. The van der Waals surface area contributed by atoms with Gasteiger partial charge < -0.3 is 16.0 Å². The summed E-state index contributed by atoms with van der Waals surface area (Å²) in [6.07, 6.45) is -0.168. The number of carboxylic acid groups (broad SMARTS) is 1. The number of esters is 1. The normalized spacial score (nSPS) is 8.08. The molecule has 0 aliphatic carbocycles. The highest BCUT2D eigenvalue weighted by molar-refractivity contribution is 5.87. The van der Waals surface area contributed by atoms with Gasteiger partial charge in [0.25, 0.3) is 0 Å². The van der Waals surface area contributed by atoms with Crippen LogP contribution in [-0.2, 0) is 14.3 Å². The SMILES string of the molecule is C=C(C)C(=O)OCCC(=O)O.N. The number of hydrogen-bond donors (Lipinski definition) is 2. The summed E-state index contributed by atoms with van der Waals surface area (Å²) in [5, 5.41) is 8.15. The van der Waals surface area contributed by atoms with Crippen LogP contribution in [0.1, 0.15) is 13.3 Å². The molecular formula is C7H13NO4. The number of ether oxygens (including phenoxy) is 1. The molecule has 0 amide bonds. The summed E-state index contributed by atoms with van der Waals surface area (Å²) < 4.78 is 4.49. The third-order valence-electron chi connectivity index (χ3n) is 0.898. The van der Waals surface area contributed by atoms with Gasteiger partial charge in [-0.2, -0.15) is 0 Å². The lowest BCUT2D eigenvalue weighted by atomic mass is 10.4. The van der Waals surface area contributed by atoms with Crippen LogP contribution in [0.3, 0.4) is 0 Å². The van der Waals surface area contributed by atoms with Gasteiger partial charge in [-0.05, 0) is 6.92 Å². The number of hydrogen-bond acceptors (Lipinski definition) is 4. The highest BCUT2D eigenvalue weighted by Gasteiger charge is 2.03. The smallest absolute Gasteiger partial charge is 0.333 e. The van der Waals surface area contributed by atoms with E-state index in [4.69, 9.17) is 5.11 Å². The quantitative estimate of drug-likeness (QED) is 0.485. The number of rotatable bonds is 4. The Balaban J connectivity index is 0. The zero-order valence-electron chi connectivity index (χ0n) is 7.00. The van der Waals surface area contributed by atoms with Crippen molar-refractivity contribution < 1.29 is 19.4 Å². The Bertz CT molecular complexity index is 188. The van der Waals surface area contributed by atoms with Gasteiger partial charge >= 0.3 is 11.9 Å². The largest absolute Gasteiger partial charge is 0.481 e. The average Bonchev–Trinajstić information content (AvgIpc) is 1.86. The van der Waals surface area contributed by atoms with E-state index in [9.17, 15) is 9.59 Å². The van der Waals surface area contributed by atoms with Gasteiger partial charge in [-0.1, -0.05) is 6.58 Å². The minimum Gasteiger partial charge on any atom is -0.481 e. The summed E-state index contributed by atoms with van der Waals surface area (Å²) in [4.78, 5) is 20.5. The molecule has 5 heteroatoms. The van der Waals surface area contributed by atoms with Crippen molar-refractivity contribution in [1.29, 1.82) is 0 Å². The second-order valence-electron chi connectivity index (χ2n) is 2.06. The van der Waals surface area contributed by atoms with Crippen molar-refractivity contribution in [1.82, 2.24) is 6.15 Å². The molecule has 0 aliphatic rings. The molecule has 0 spiro atoms. The summed E-state index contributed by atoms with van der Waals surface area (Å²) in [6.45, 7) is 4.74. The van der Waals surface area contributed by atoms with Crippen molar-refractivity contribution in [2.24, 2.45) is 0 Å². The molecule has 4 N–H and O–H groups in total. The van der Waals surface area contributed by atoms with Crippen LogP contribution in [0, 0.1) is 0 Å². The number of carbonyl (C=O) groups is 2. The van der Waals surface area contributed by atoms with E-state index in [1.807, 2.05) is 0 Å². The Kier molecular flexibility index (Phi) is 7.02. The molecular weight excluding hydrogens is 162 g/mol. The Labute approximate surface area is 70.6 Å². The fourth-order valence-electron chi connectivity index (χ4n) is 0.354. The summed E-state index contributed by atoms with van der Waals surface area (Å²) in [5.41, 5.74) is 0.274. The molecule has 0 radical (unpaired) electrons. The lowest BCUT2D eigenvalue weighted by Crippen LogP contribution is -2.09. The van der Waals surface area contributed by atoms with Gasteiger partial charge in [-0.15, -0.1) is 0 Å². The van der Waals surface area contributed by atoms with E-state index in [2.05, 4.69) is 11.3 Å². The molecule has 0 atom stereocenters. The average molecular weight is 175 g/mol. The second-order valence-corrected chi connectivity index (χ2v) is 2.06. The Morgan fingerprint density at radius 1 is 1.50 bits per heavy atom. The monoisotopic (exact) mass is 175 g/mol. The highest BCUT2D eigenvalue weighted by atomic mass is 16.5. The molecule has 0 unspecified atom stereocenters. The third-order valence-corrected chi connectivity index (χ3v) is 0.898. The molecule has 0 aromatic heterocycles. The molecule has 12 heavy (non-hydrogen) atoms. The number of carbonyl (C=O) groups excluding carboxylic acids is 1. The van der Waals surface area contributed by atoms with Crippen LogP contribution >= 0.6 is 0 Å². The molecule has 0 aliphatic heterocycles. The second kappa shape index (κ2) is 6.36. The van der Waals surface area contributed by atoms with Crippen LogP contribution in [0.2, 0.25) is 0 Å². The number of carboxylic acids is 1. The highest BCUT2D eigenvalue weighted by Crippen LogP contribution is 1.92. The van der Waals surface area contributed by atoms with Crippen molar-refractivity contribution >= 4 is 11.9 Å². The Morgan fingerprint density at radius 3 is 2.33 bits per heavy atom. The molecule has 0 saturated carbocycles. The van der Waals surface area contributed by atoms with Crippen LogP contribution in [0.15, 0.2) is 12.2 Å². The van der Waals surface area contributed by atoms with Crippen molar-refractivity contribution in [2.75, 3.05) is 6.61 Å². The van der Waals surface area contributed by atoms with Gasteiger partial charge in [0, 0.05) is 5.57 Å². The van der Waals surface area contributed by atoms with Crippen LogP contribution in [0.5, 0.6) is 0 Å². The van der Waals surface area contributed by atoms with Crippen molar-refractivity contribution in [3.63, 3.8) is 0 Å². The van der Waals surface area contributed by atoms with Gasteiger partial charge in [0.1, 0.15) is 6.61 Å². The van der Waals surface area contributed by atoms with Gasteiger partial charge in [0.15, 0.2) is 0 Å². The predicted octanol–water partition coefficient (Wildman–Crippen LogP) is 0.742. The predicted molar refractivity (Wildman–Crippen MR) is 43.0 cm³/mol. The summed E-state index contributed by atoms with van der Waals surface area (Å²) >= 11 is 0. The third kappa shape index (κ3) is 6.76.